The molecular weight excluding hydrogens is 236 g/mol. The van der Waals surface area contributed by atoms with Crippen molar-refractivity contribution in [3.05, 3.63) is 33.9 Å². The maximum Gasteiger partial charge on any atom is 0.307 e. The molecule has 0 unspecified atom stereocenters. The molecule has 0 saturated carbocycles. The minimum atomic E-state index is -0.426. The number of methoxy groups -OCH3 is 1. The van der Waals surface area contributed by atoms with E-state index in [1.54, 1.807) is 18.9 Å². The van der Waals surface area contributed by atoms with Crippen LogP contribution in [-0.4, -0.2) is 31.6 Å². The Bertz CT molecular complexity index is 459. The predicted octanol–water partition coefficient (Wildman–Crippen LogP) is 1.90. The van der Waals surface area contributed by atoms with Crippen LogP contribution in [0.1, 0.15) is 12.0 Å². The average molecular weight is 252 g/mol. The van der Waals surface area contributed by atoms with E-state index in [1.807, 2.05) is 6.07 Å². The Balaban J connectivity index is 2.82. The molecule has 6 heteroatoms. The largest absolute Gasteiger partial charge is 0.469 e. The molecule has 0 radical (unpaired) electrons. The molecule has 0 aliphatic heterocycles. The van der Waals surface area contributed by atoms with E-state index in [-0.39, 0.29) is 18.1 Å². The molecule has 1 aromatic carbocycles. The second-order valence-corrected chi connectivity index (χ2v) is 4.03. The van der Waals surface area contributed by atoms with Crippen molar-refractivity contribution in [2.45, 2.75) is 13.3 Å². The SMILES string of the molecule is COC(=O)CCN(C)c1cc(C)cc([N+](=O)[O-])c1. The number of nitro benzene ring substituents is 1. The highest BCUT2D eigenvalue weighted by Crippen LogP contribution is 2.23. The number of hydrogen-bond acceptors (Lipinski definition) is 5. The molecular formula is C12H16N2O4. The summed E-state index contributed by atoms with van der Waals surface area (Å²) < 4.78 is 4.55. The zero-order chi connectivity index (χ0) is 13.7. The Kier molecular flexibility index (Phi) is 4.65. The van der Waals surface area contributed by atoms with Crippen molar-refractivity contribution in [1.29, 1.82) is 0 Å². The van der Waals surface area contributed by atoms with Gasteiger partial charge in [-0.25, -0.2) is 0 Å². The van der Waals surface area contributed by atoms with Gasteiger partial charge < -0.3 is 9.64 Å². The molecule has 0 atom stereocenters. The van der Waals surface area contributed by atoms with Gasteiger partial charge in [-0.1, -0.05) is 0 Å². The summed E-state index contributed by atoms with van der Waals surface area (Å²) >= 11 is 0. The lowest BCUT2D eigenvalue weighted by atomic mass is 10.2. The molecule has 0 aliphatic carbocycles. The number of ether oxygens (including phenoxy) is 1. The van der Waals surface area contributed by atoms with E-state index >= 15 is 0 Å². The van der Waals surface area contributed by atoms with Gasteiger partial charge >= 0.3 is 5.97 Å². The summed E-state index contributed by atoms with van der Waals surface area (Å²) in [5.74, 6) is -0.302. The molecule has 6 nitrogen and oxygen atoms in total. The van der Waals surface area contributed by atoms with E-state index in [0.29, 0.717) is 12.2 Å². The van der Waals surface area contributed by atoms with Gasteiger partial charge in [-0.3, -0.25) is 14.9 Å². The molecule has 0 N–H and O–H groups in total. The van der Waals surface area contributed by atoms with Gasteiger partial charge in [0.05, 0.1) is 18.5 Å². The second kappa shape index (κ2) is 6.00. The van der Waals surface area contributed by atoms with Gasteiger partial charge in [0.15, 0.2) is 0 Å². The third-order valence-electron chi connectivity index (χ3n) is 2.58. The number of carbonyl (C=O) groups is 1. The standard InChI is InChI=1S/C12H16N2O4/c1-9-6-10(8-11(7-9)14(16)17)13(2)5-4-12(15)18-3/h6-8H,4-5H2,1-3H3. The van der Waals surface area contributed by atoms with Crippen molar-refractivity contribution in [1.82, 2.24) is 0 Å². The van der Waals surface area contributed by atoms with Crippen molar-refractivity contribution < 1.29 is 14.5 Å². The molecule has 0 spiro atoms. The number of non-ortho nitro benzene ring substituents is 1. The van der Waals surface area contributed by atoms with Crippen LogP contribution < -0.4 is 4.90 Å². The van der Waals surface area contributed by atoms with Crippen LogP contribution in [0.5, 0.6) is 0 Å². The van der Waals surface area contributed by atoms with Crippen LogP contribution in [0.25, 0.3) is 0 Å². The van der Waals surface area contributed by atoms with E-state index in [2.05, 4.69) is 4.74 Å². The second-order valence-electron chi connectivity index (χ2n) is 4.03. The van der Waals surface area contributed by atoms with Crippen molar-refractivity contribution >= 4 is 17.3 Å². The van der Waals surface area contributed by atoms with E-state index in [1.165, 1.54) is 19.2 Å². The van der Waals surface area contributed by atoms with Crippen LogP contribution in [0, 0.1) is 17.0 Å². The third-order valence-corrected chi connectivity index (χ3v) is 2.58. The van der Waals surface area contributed by atoms with E-state index < -0.39 is 4.92 Å². The summed E-state index contributed by atoms with van der Waals surface area (Å²) in [6, 6.07) is 4.84. The summed E-state index contributed by atoms with van der Waals surface area (Å²) in [6.07, 6.45) is 0.245. The van der Waals surface area contributed by atoms with Crippen molar-refractivity contribution in [2.75, 3.05) is 25.6 Å². The zero-order valence-electron chi connectivity index (χ0n) is 10.7. The molecule has 18 heavy (non-hydrogen) atoms. The number of nitrogens with zero attached hydrogens (tertiary/aromatic N) is 2. The van der Waals surface area contributed by atoms with Gasteiger partial charge in [-0.2, -0.15) is 0 Å². The van der Waals surface area contributed by atoms with Gasteiger partial charge in [0.1, 0.15) is 0 Å². The predicted molar refractivity (Wildman–Crippen MR) is 67.7 cm³/mol. The van der Waals surface area contributed by atoms with Gasteiger partial charge in [0, 0.05) is 31.4 Å². The van der Waals surface area contributed by atoms with Gasteiger partial charge in [0.25, 0.3) is 5.69 Å². The van der Waals surface area contributed by atoms with E-state index in [4.69, 9.17) is 0 Å². The highest BCUT2D eigenvalue weighted by Gasteiger charge is 2.11. The summed E-state index contributed by atoms with van der Waals surface area (Å²) in [4.78, 5) is 23.1. The number of benzene rings is 1. The number of nitro groups is 1. The number of esters is 1. The normalized spacial score (nSPS) is 9.94. The Hall–Kier alpha value is -2.11. The topological polar surface area (TPSA) is 72.7 Å². The molecule has 0 bridgehead atoms. The highest BCUT2D eigenvalue weighted by molar-refractivity contribution is 5.70. The molecule has 0 aromatic heterocycles. The minimum Gasteiger partial charge on any atom is -0.469 e. The van der Waals surface area contributed by atoms with Crippen molar-refractivity contribution in [3.63, 3.8) is 0 Å². The van der Waals surface area contributed by atoms with Crippen LogP contribution in [-0.2, 0) is 9.53 Å². The average Bonchev–Trinajstić information content (AvgIpc) is 2.34. The van der Waals surface area contributed by atoms with Crippen LogP contribution in [0.15, 0.2) is 18.2 Å². The Morgan fingerprint density at radius 2 is 2.11 bits per heavy atom. The smallest absolute Gasteiger partial charge is 0.307 e. The summed E-state index contributed by atoms with van der Waals surface area (Å²) in [7, 11) is 3.11. The highest BCUT2D eigenvalue weighted by atomic mass is 16.6. The fraction of sp³-hybridized carbons (Fsp3) is 0.417. The maximum atomic E-state index is 11.0. The van der Waals surface area contributed by atoms with Crippen LogP contribution in [0.4, 0.5) is 11.4 Å². The summed E-state index contributed by atoms with van der Waals surface area (Å²) in [5, 5.41) is 10.8. The van der Waals surface area contributed by atoms with Gasteiger partial charge in [-0.15, -0.1) is 0 Å². The molecule has 0 saturated heterocycles. The fourth-order valence-corrected chi connectivity index (χ4v) is 1.56. The third kappa shape index (κ3) is 3.73. The Labute approximate surface area is 105 Å². The number of rotatable bonds is 5. The first-order chi connectivity index (χ1) is 8.43. The fourth-order valence-electron chi connectivity index (χ4n) is 1.56. The first-order valence-corrected chi connectivity index (χ1v) is 5.48. The Morgan fingerprint density at radius 3 is 2.67 bits per heavy atom. The number of carbonyl (C=O) groups excluding carboxylic acids is 1. The first kappa shape index (κ1) is 14.0. The molecule has 1 aromatic rings. The maximum absolute atomic E-state index is 11.0. The Morgan fingerprint density at radius 1 is 1.44 bits per heavy atom. The lowest BCUT2D eigenvalue weighted by molar-refractivity contribution is -0.384. The van der Waals surface area contributed by atoms with Gasteiger partial charge in [0.2, 0.25) is 0 Å². The molecule has 0 aliphatic rings. The number of aryl methyl sites for hydroxylation is 1. The molecule has 0 amide bonds. The zero-order valence-corrected chi connectivity index (χ0v) is 10.7. The lowest BCUT2D eigenvalue weighted by Gasteiger charge is -2.18. The van der Waals surface area contributed by atoms with Crippen LogP contribution in [0.2, 0.25) is 0 Å². The van der Waals surface area contributed by atoms with Crippen molar-refractivity contribution in [3.8, 4) is 0 Å². The lowest BCUT2D eigenvalue weighted by Crippen LogP contribution is -2.21. The molecule has 98 valence electrons. The number of anilines is 1. The summed E-state index contributed by atoms with van der Waals surface area (Å²) in [5.41, 5.74) is 1.57. The van der Waals surface area contributed by atoms with E-state index in [9.17, 15) is 14.9 Å². The first-order valence-electron chi connectivity index (χ1n) is 5.48. The summed E-state index contributed by atoms with van der Waals surface area (Å²) in [6.45, 7) is 2.25. The number of hydrogen-bond donors (Lipinski definition) is 0. The van der Waals surface area contributed by atoms with Crippen LogP contribution in [0.3, 0.4) is 0 Å². The minimum absolute atomic E-state index is 0.0509. The molecule has 1 rings (SSSR count). The molecule has 0 fully saturated rings. The van der Waals surface area contributed by atoms with Crippen molar-refractivity contribution in [2.24, 2.45) is 0 Å². The monoisotopic (exact) mass is 252 g/mol. The quantitative estimate of drug-likeness (QED) is 0.454. The van der Waals surface area contributed by atoms with Gasteiger partial charge in [-0.05, 0) is 18.6 Å². The molecule has 0 heterocycles. The van der Waals surface area contributed by atoms with E-state index in [0.717, 1.165) is 5.56 Å². The van der Waals surface area contributed by atoms with Crippen LogP contribution >= 0.6 is 0 Å².